The van der Waals surface area contributed by atoms with Crippen LogP contribution in [0.5, 0.6) is 0 Å². The van der Waals surface area contributed by atoms with Gasteiger partial charge in [0.2, 0.25) is 5.54 Å². The van der Waals surface area contributed by atoms with E-state index in [1.807, 2.05) is 0 Å². The predicted molar refractivity (Wildman–Crippen MR) is 51.2 cm³/mol. The maximum Gasteiger partial charge on any atom is 0.244 e. The Morgan fingerprint density at radius 3 is 2.31 bits per heavy atom. The highest BCUT2D eigenvalue weighted by atomic mass is 16.6. The first-order chi connectivity index (χ1) is 6.13. The average Bonchev–Trinajstić information content (AvgIpc) is 2.13. The van der Waals surface area contributed by atoms with Crippen LogP contribution in [0.2, 0.25) is 0 Å². The average molecular weight is 189 g/mol. The molecule has 1 N–H and O–H groups in total. The first-order valence-corrected chi connectivity index (χ1v) is 4.88. The molecule has 4 nitrogen and oxygen atoms in total. The molecule has 1 atom stereocenters. The number of nitrogens with zero attached hydrogens (tertiary/aromatic N) is 1. The SMILES string of the molecule is CCCCCC(CC)(CO)[N+](=O)[O-]. The quantitative estimate of drug-likeness (QED) is 0.378. The minimum absolute atomic E-state index is 0.331. The molecule has 0 amide bonds. The molecule has 0 aromatic carbocycles. The van der Waals surface area contributed by atoms with Gasteiger partial charge in [-0.2, -0.15) is 0 Å². The highest BCUT2D eigenvalue weighted by Crippen LogP contribution is 2.22. The van der Waals surface area contributed by atoms with E-state index in [0.29, 0.717) is 12.8 Å². The minimum Gasteiger partial charge on any atom is -0.389 e. The van der Waals surface area contributed by atoms with Crippen molar-refractivity contribution in [3.8, 4) is 0 Å². The number of aliphatic hydroxyl groups is 1. The van der Waals surface area contributed by atoms with Crippen LogP contribution in [0, 0.1) is 10.1 Å². The van der Waals surface area contributed by atoms with Gasteiger partial charge in [-0.25, -0.2) is 0 Å². The van der Waals surface area contributed by atoms with Crippen molar-refractivity contribution >= 4 is 0 Å². The molecule has 0 saturated heterocycles. The molecule has 0 aliphatic carbocycles. The summed E-state index contributed by atoms with van der Waals surface area (Å²) in [6, 6.07) is 0. The Labute approximate surface area is 79.1 Å². The fraction of sp³-hybridized carbons (Fsp3) is 1.00. The topological polar surface area (TPSA) is 63.4 Å². The van der Waals surface area contributed by atoms with Gasteiger partial charge in [0.1, 0.15) is 6.61 Å². The Morgan fingerprint density at radius 1 is 1.38 bits per heavy atom. The lowest BCUT2D eigenvalue weighted by Crippen LogP contribution is -2.41. The smallest absolute Gasteiger partial charge is 0.244 e. The minimum atomic E-state index is -1.09. The number of unbranched alkanes of at least 4 members (excludes halogenated alkanes) is 2. The van der Waals surface area contributed by atoms with Crippen molar-refractivity contribution in [2.45, 2.75) is 51.5 Å². The van der Waals surface area contributed by atoms with E-state index in [1.165, 1.54) is 0 Å². The van der Waals surface area contributed by atoms with Gasteiger partial charge in [-0.15, -0.1) is 0 Å². The normalized spacial score (nSPS) is 15.3. The highest BCUT2D eigenvalue weighted by molar-refractivity contribution is 4.76. The van der Waals surface area contributed by atoms with Crippen LogP contribution in [0.4, 0.5) is 0 Å². The van der Waals surface area contributed by atoms with Crippen LogP contribution in [0.3, 0.4) is 0 Å². The number of aliphatic hydroxyl groups excluding tert-OH is 1. The second-order valence-electron chi connectivity index (χ2n) is 3.45. The maximum atomic E-state index is 10.7. The number of hydrogen-bond donors (Lipinski definition) is 1. The van der Waals surface area contributed by atoms with Crippen LogP contribution in [0.1, 0.15) is 46.0 Å². The van der Waals surface area contributed by atoms with Gasteiger partial charge in [-0.1, -0.05) is 26.7 Å². The Balaban J connectivity index is 4.14. The zero-order chi connectivity index (χ0) is 10.3. The van der Waals surface area contributed by atoms with Gasteiger partial charge >= 0.3 is 0 Å². The van der Waals surface area contributed by atoms with Crippen molar-refractivity contribution in [3.05, 3.63) is 10.1 Å². The predicted octanol–water partition coefficient (Wildman–Crippen LogP) is 1.98. The van der Waals surface area contributed by atoms with E-state index in [2.05, 4.69) is 6.92 Å². The summed E-state index contributed by atoms with van der Waals surface area (Å²) in [5.74, 6) is 0. The molecule has 13 heavy (non-hydrogen) atoms. The molecule has 0 rings (SSSR count). The van der Waals surface area contributed by atoms with Crippen molar-refractivity contribution in [2.75, 3.05) is 6.61 Å². The fourth-order valence-electron chi connectivity index (χ4n) is 1.35. The summed E-state index contributed by atoms with van der Waals surface area (Å²) >= 11 is 0. The lowest BCUT2D eigenvalue weighted by atomic mass is 9.91. The van der Waals surface area contributed by atoms with Crippen molar-refractivity contribution < 1.29 is 10.0 Å². The summed E-state index contributed by atoms with van der Waals surface area (Å²) in [4.78, 5) is 10.4. The molecule has 0 aliphatic heterocycles. The second kappa shape index (κ2) is 5.91. The van der Waals surface area contributed by atoms with Crippen molar-refractivity contribution in [2.24, 2.45) is 0 Å². The molecule has 0 bridgehead atoms. The van der Waals surface area contributed by atoms with Gasteiger partial charge < -0.3 is 5.11 Å². The maximum absolute atomic E-state index is 10.7. The molecule has 0 aromatic rings. The Morgan fingerprint density at radius 2 is 2.00 bits per heavy atom. The van der Waals surface area contributed by atoms with Gasteiger partial charge in [-0.3, -0.25) is 10.1 Å². The van der Waals surface area contributed by atoms with Crippen LogP contribution < -0.4 is 0 Å². The van der Waals surface area contributed by atoms with E-state index < -0.39 is 5.54 Å². The molecular formula is C9H19NO3. The molecular weight excluding hydrogens is 170 g/mol. The van der Waals surface area contributed by atoms with Gasteiger partial charge in [-0.05, 0) is 6.42 Å². The molecule has 0 radical (unpaired) electrons. The Kier molecular flexibility index (Phi) is 5.62. The first-order valence-electron chi connectivity index (χ1n) is 4.88. The molecule has 1 unspecified atom stereocenters. The first kappa shape index (κ1) is 12.4. The van der Waals surface area contributed by atoms with Gasteiger partial charge in [0.15, 0.2) is 0 Å². The fourth-order valence-corrected chi connectivity index (χ4v) is 1.35. The molecule has 0 heterocycles. The van der Waals surface area contributed by atoms with Gasteiger partial charge in [0.05, 0.1) is 0 Å². The molecule has 0 aromatic heterocycles. The van der Waals surface area contributed by atoms with Gasteiger partial charge in [0.25, 0.3) is 0 Å². The van der Waals surface area contributed by atoms with E-state index in [0.717, 1.165) is 19.3 Å². The lowest BCUT2D eigenvalue weighted by Gasteiger charge is -2.21. The van der Waals surface area contributed by atoms with Crippen LogP contribution in [0.15, 0.2) is 0 Å². The number of nitro groups is 1. The van der Waals surface area contributed by atoms with E-state index >= 15 is 0 Å². The molecule has 0 fully saturated rings. The highest BCUT2D eigenvalue weighted by Gasteiger charge is 2.39. The second-order valence-corrected chi connectivity index (χ2v) is 3.45. The monoisotopic (exact) mass is 189 g/mol. The largest absolute Gasteiger partial charge is 0.389 e. The molecule has 78 valence electrons. The van der Waals surface area contributed by atoms with Crippen LogP contribution in [-0.2, 0) is 0 Å². The Bertz CT molecular complexity index is 155. The third kappa shape index (κ3) is 3.30. The van der Waals surface area contributed by atoms with E-state index in [1.54, 1.807) is 6.92 Å². The van der Waals surface area contributed by atoms with E-state index in [4.69, 9.17) is 5.11 Å². The summed E-state index contributed by atoms with van der Waals surface area (Å²) in [5.41, 5.74) is -1.09. The molecule has 0 spiro atoms. The lowest BCUT2D eigenvalue weighted by molar-refractivity contribution is -0.575. The van der Waals surface area contributed by atoms with E-state index in [9.17, 15) is 10.1 Å². The molecule has 0 aliphatic rings. The van der Waals surface area contributed by atoms with Crippen LogP contribution >= 0.6 is 0 Å². The summed E-state index contributed by atoms with van der Waals surface area (Å²) in [6.07, 6.45) is 3.76. The zero-order valence-corrected chi connectivity index (χ0v) is 8.45. The summed E-state index contributed by atoms with van der Waals surface area (Å²) < 4.78 is 0. The number of hydrogen-bond acceptors (Lipinski definition) is 3. The summed E-state index contributed by atoms with van der Waals surface area (Å²) in [7, 11) is 0. The summed E-state index contributed by atoms with van der Waals surface area (Å²) in [5, 5.41) is 19.7. The molecule has 0 saturated carbocycles. The van der Waals surface area contributed by atoms with E-state index in [-0.39, 0.29) is 11.5 Å². The van der Waals surface area contributed by atoms with Crippen LogP contribution in [-0.4, -0.2) is 22.2 Å². The van der Waals surface area contributed by atoms with Crippen molar-refractivity contribution in [1.29, 1.82) is 0 Å². The number of rotatable bonds is 7. The zero-order valence-electron chi connectivity index (χ0n) is 8.45. The third-order valence-corrected chi connectivity index (χ3v) is 2.59. The van der Waals surface area contributed by atoms with Crippen LogP contribution in [0.25, 0.3) is 0 Å². The van der Waals surface area contributed by atoms with Crippen molar-refractivity contribution in [3.63, 3.8) is 0 Å². The van der Waals surface area contributed by atoms with Gasteiger partial charge in [0, 0.05) is 17.8 Å². The van der Waals surface area contributed by atoms with Crippen molar-refractivity contribution in [1.82, 2.24) is 0 Å². The summed E-state index contributed by atoms with van der Waals surface area (Å²) in [6.45, 7) is 3.46. The Hall–Kier alpha value is -0.640. The third-order valence-electron chi connectivity index (χ3n) is 2.59. The standard InChI is InChI=1S/C9H19NO3/c1-3-5-6-7-9(4-2,8-11)10(12)13/h11H,3-8H2,1-2H3. The molecule has 4 heteroatoms.